The zero-order valence-corrected chi connectivity index (χ0v) is 26.4. The van der Waals surface area contributed by atoms with Gasteiger partial charge in [0.1, 0.15) is 11.5 Å². The SMILES string of the molecule is CC=NC(C(=N/C(=C\CCC)c1cccc(/C(F)=C/c2ccc(C(=O)OC)cc2)c1)Nc1ccc(OC)c(OC)c1)=C(C)C. The number of nitrogens with one attached hydrogen (secondary N) is 1. The minimum atomic E-state index is -0.443. The fourth-order valence-electron chi connectivity index (χ4n) is 4.27. The molecule has 0 unspecified atom stereocenters. The van der Waals surface area contributed by atoms with Crippen molar-refractivity contribution in [3.05, 3.63) is 106 Å². The van der Waals surface area contributed by atoms with Gasteiger partial charge in [0, 0.05) is 29.1 Å². The Morgan fingerprint density at radius 1 is 0.909 bits per heavy atom. The maximum absolute atomic E-state index is 15.5. The minimum Gasteiger partial charge on any atom is -0.493 e. The summed E-state index contributed by atoms with van der Waals surface area (Å²) in [5, 5.41) is 3.42. The fraction of sp³-hybridized carbons (Fsp3) is 0.250. The number of amidine groups is 1. The predicted octanol–water partition coefficient (Wildman–Crippen LogP) is 8.99. The lowest BCUT2D eigenvalue weighted by Gasteiger charge is -2.16. The van der Waals surface area contributed by atoms with Gasteiger partial charge in [-0.3, -0.25) is 4.99 Å². The normalized spacial score (nSPS) is 12.2. The number of nitrogens with zero attached hydrogens (tertiary/aromatic N) is 2. The van der Waals surface area contributed by atoms with Crippen LogP contribution in [0.5, 0.6) is 11.5 Å². The topological polar surface area (TPSA) is 81.5 Å². The molecule has 0 atom stereocenters. The molecule has 3 rings (SSSR count). The number of hydrogen-bond acceptors (Lipinski definition) is 6. The summed E-state index contributed by atoms with van der Waals surface area (Å²) in [5.41, 5.74) is 5.23. The van der Waals surface area contributed by atoms with E-state index in [1.807, 2.05) is 51.1 Å². The van der Waals surface area contributed by atoms with E-state index in [9.17, 15) is 4.79 Å². The van der Waals surface area contributed by atoms with Crippen LogP contribution in [0, 0.1) is 0 Å². The largest absolute Gasteiger partial charge is 0.493 e. The molecule has 0 saturated carbocycles. The lowest BCUT2D eigenvalue weighted by molar-refractivity contribution is 0.0600. The smallest absolute Gasteiger partial charge is 0.337 e. The van der Waals surface area contributed by atoms with Crippen LogP contribution in [0.1, 0.15) is 67.6 Å². The Morgan fingerprint density at radius 3 is 2.23 bits per heavy atom. The molecule has 44 heavy (non-hydrogen) atoms. The van der Waals surface area contributed by atoms with E-state index < -0.39 is 11.8 Å². The number of methoxy groups -OCH3 is 3. The van der Waals surface area contributed by atoms with E-state index in [2.05, 4.69) is 17.2 Å². The van der Waals surface area contributed by atoms with Gasteiger partial charge in [-0.2, -0.15) is 0 Å². The van der Waals surface area contributed by atoms with Crippen LogP contribution in [0.3, 0.4) is 0 Å². The standard InChI is InChI=1S/C36H40FN3O4/c1-8-10-14-31(28-13-11-12-27(22-28)30(37)21-25-15-17-26(18-16-25)36(41)44-7)40-35(34(24(3)4)38-9-2)39-29-19-20-32(42-5)33(23-29)43-6/h9,11-23H,8,10H2,1-7H3,(H,39,40)/b30-21-,31-14-,38-9?. The number of ether oxygens (including phenoxy) is 3. The van der Waals surface area contributed by atoms with Crippen LogP contribution < -0.4 is 14.8 Å². The molecule has 0 aliphatic rings. The molecule has 0 radical (unpaired) electrons. The van der Waals surface area contributed by atoms with Crippen LogP contribution in [-0.2, 0) is 4.74 Å². The Morgan fingerprint density at radius 2 is 1.61 bits per heavy atom. The van der Waals surface area contributed by atoms with Crippen molar-refractivity contribution in [1.29, 1.82) is 0 Å². The van der Waals surface area contributed by atoms with Crippen LogP contribution in [0.2, 0.25) is 0 Å². The molecule has 0 aromatic heterocycles. The first kappa shape index (κ1) is 33.5. The Hall–Kier alpha value is -4.98. The number of rotatable bonds is 12. The average molecular weight is 598 g/mol. The molecule has 0 amide bonds. The number of hydrogen-bond donors (Lipinski definition) is 1. The highest BCUT2D eigenvalue weighted by Gasteiger charge is 2.14. The number of anilines is 1. The Labute approximate surface area is 259 Å². The van der Waals surface area contributed by atoms with Gasteiger partial charge in [-0.25, -0.2) is 14.2 Å². The van der Waals surface area contributed by atoms with Gasteiger partial charge in [-0.15, -0.1) is 0 Å². The second-order valence-corrected chi connectivity index (χ2v) is 9.96. The lowest BCUT2D eigenvalue weighted by atomic mass is 10.0. The second kappa shape index (κ2) is 16.6. The summed E-state index contributed by atoms with van der Waals surface area (Å²) >= 11 is 0. The van der Waals surface area contributed by atoms with Crippen molar-refractivity contribution in [1.82, 2.24) is 0 Å². The number of carbonyl (C=O) groups is 1. The molecule has 7 nitrogen and oxygen atoms in total. The van der Waals surface area contributed by atoms with Crippen molar-refractivity contribution in [2.75, 3.05) is 26.6 Å². The third kappa shape index (κ3) is 9.01. The third-order valence-corrected chi connectivity index (χ3v) is 6.52. The predicted molar refractivity (Wildman–Crippen MR) is 179 cm³/mol. The zero-order chi connectivity index (χ0) is 32.1. The van der Waals surface area contributed by atoms with E-state index in [1.54, 1.807) is 62.9 Å². The van der Waals surface area contributed by atoms with Crippen molar-refractivity contribution in [3.8, 4) is 11.5 Å². The number of unbranched alkanes of at least 4 members (excludes halogenated alkanes) is 1. The van der Waals surface area contributed by atoms with Gasteiger partial charge in [0.15, 0.2) is 17.3 Å². The first-order valence-corrected chi connectivity index (χ1v) is 14.3. The zero-order valence-electron chi connectivity index (χ0n) is 26.4. The molecule has 0 aliphatic heterocycles. The number of esters is 1. The van der Waals surface area contributed by atoms with Gasteiger partial charge in [0.2, 0.25) is 0 Å². The molecule has 0 saturated heterocycles. The molecule has 0 spiro atoms. The quantitative estimate of drug-likeness (QED) is 0.0975. The van der Waals surface area contributed by atoms with E-state index in [-0.39, 0.29) is 0 Å². The van der Waals surface area contributed by atoms with E-state index in [0.29, 0.717) is 45.4 Å². The Bertz CT molecular complexity index is 1600. The number of halogens is 1. The molecule has 1 N–H and O–H groups in total. The summed E-state index contributed by atoms with van der Waals surface area (Å²) in [6.07, 6.45) is 6.89. The molecule has 0 fully saturated rings. The van der Waals surface area contributed by atoms with Gasteiger partial charge >= 0.3 is 5.97 Å². The maximum Gasteiger partial charge on any atom is 0.337 e. The number of allylic oxidation sites excluding steroid dienone is 2. The molecule has 3 aromatic rings. The van der Waals surface area contributed by atoms with Crippen molar-refractivity contribution >= 4 is 41.3 Å². The van der Waals surface area contributed by atoms with E-state index in [0.717, 1.165) is 29.7 Å². The lowest BCUT2D eigenvalue weighted by Crippen LogP contribution is -2.16. The first-order chi connectivity index (χ1) is 21.2. The van der Waals surface area contributed by atoms with Crippen LogP contribution >= 0.6 is 0 Å². The van der Waals surface area contributed by atoms with Crippen molar-refractivity contribution in [3.63, 3.8) is 0 Å². The minimum absolute atomic E-state index is 0.399. The molecule has 0 heterocycles. The third-order valence-electron chi connectivity index (χ3n) is 6.52. The van der Waals surface area contributed by atoms with Crippen molar-refractivity contribution in [2.24, 2.45) is 9.98 Å². The highest BCUT2D eigenvalue weighted by molar-refractivity contribution is 6.11. The summed E-state index contributed by atoms with van der Waals surface area (Å²) in [4.78, 5) is 21.4. The molecular formula is C36H40FN3O4. The molecular weight excluding hydrogens is 557 g/mol. The van der Waals surface area contributed by atoms with E-state index >= 15 is 4.39 Å². The van der Waals surface area contributed by atoms with E-state index in [1.165, 1.54) is 13.2 Å². The molecule has 3 aromatic carbocycles. The van der Waals surface area contributed by atoms with Crippen molar-refractivity contribution in [2.45, 2.75) is 40.5 Å². The van der Waals surface area contributed by atoms with Gasteiger partial charge < -0.3 is 19.5 Å². The van der Waals surface area contributed by atoms with Gasteiger partial charge in [0.25, 0.3) is 0 Å². The van der Waals surface area contributed by atoms with Gasteiger partial charge in [0.05, 0.1) is 32.6 Å². The van der Waals surface area contributed by atoms with Crippen LogP contribution in [-0.4, -0.2) is 39.3 Å². The number of aliphatic imine (C=N–C) groups is 2. The van der Waals surface area contributed by atoms with Crippen LogP contribution in [0.15, 0.2) is 94.1 Å². The van der Waals surface area contributed by atoms with Gasteiger partial charge in [-0.05, 0) is 74.7 Å². The molecule has 230 valence electrons. The summed E-state index contributed by atoms with van der Waals surface area (Å²) in [7, 11) is 4.50. The summed E-state index contributed by atoms with van der Waals surface area (Å²) in [6, 6.07) is 19.3. The fourth-order valence-corrected chi connectivity index (χ4v) is 4.27. The molecule has 0 bridgehead atoms. The maximum atomic E-state index is 15.5. The summed E-state index contributed by atoms with van der Waals surface area (Å²) in [6.45, 7) is 7.89. The number of benzene rings is 3. The first-order valence-electron chi connectivity index (χ1n) is 14.3. The van der Waals surface area contributed by atoms with Crippen molar-refractivity contribution < 1.29 is 23.4 Å². The molecule has 8 heteroatoms. The van der Waals surface area contributed by atoms with Crippen LogP contribution in [0.4, 0.5) is 10.1 Å². The van der Waals surface area contributed by atoms with E-state index in [4.69, 9.17) is 19.2 Å². The highest BCUT2D eigenvalue weighted by Crippen LogP contribution is 2.31. The number of carbonyl (C=O) groups excluding carboxylic acids is 1. The summed E-state index contributed by atoms with van der Waals surface area (Å²) < 4.78 is 31.1. The monoisotopic (exact) mass is 597 g/mol. The average Bonchev–Trinajstić information content (AvgIpc) is 3.04. The highest BCUT2D eigenvalue weighted by atomic mass is 19.1. The second-order valence-electron chi connectivity index (χ2n) is 9.96. The van der Waals surface area contributed by atoms with Gasteiger partial charge in [-0.1, -0.05) is 49.8 Å². The molecule has 0 aliphatic carbocycles. The summed E-state index contributed by atoms with van der Waals surface area (Å²) in [5.74, 6) is 0.860. The Balaban J connectivity index is 2.08. The van der Waals surface area contributed by atoms with Crippen LogP contribution in [0.25, 0.3) is 17.6 Å². The Kier molecular flexibility index (Phi) is 12.6.